The molecule has 0 radical (unpaired) electrons. The van der Waals surface area contributed by atoms with Crippen molar-refractivity contribution in [2.24, 2.45) is 11.8 Å². The highest BCUT2D eigenvalue weighted by atomic mass is 16.6. The van der Waals surface area contributed by atoms with Crippen molar-refractivity contribution < 1.29 is 4.92 Å². The topological polar surface area (TPSA) is 55.2 Å². The van der Waals surface area contributed by atoms with Gasteiger partial charge in [-0.05, 0) is 50.2 Å². The predicted octanol–water partition coefficient (Wildman–Crippen LogP) is 4.06. The molecule has 0 atom stereocenters. The fraction of sp³-hybridized carbons (Fsp3) is 0.600. The SMILES string of the molecule is Cc1cc(C)c([N+](=O)[O-])cc1NC1CC(C(C)C)C1. The molecule has 1 aliphatic rings. The Morgan fingerprint density at radius 2 is 1.89 bits per heavy atom. The van der Waals surface area contributed by atoms with Crippen LogP contribution in [0, 0.1) is 35.8 Å². The molecule has 0 unspecified atom stereocenters. The Balaban J connectivity index is 2.09. The van der Waals surface area contributed by atoms with Gasteiger partial charge in [-0.3, -0.25) is 10.1 Å². The van der Waals surface area contributed by atoms with Crippen LogP contribution in [-0.4, -0.2) is 11.0 Å². The van der Waals surface area contributed by atoms with Gasteiger partial charge in [-0.15, -0.1) is 0 Å². The van der Waals surface area contributed by atoms with E-state index in [0.29, 0.717) is 6.04 Å². The van der Waals surface area contributed by atoms with E-state index >= 15 is 0 Å². The average molecular weight is 262 g/mol. The van der Waals surface area contributed by atoms with Gasteiger partial charge in [0.05, 0.1) is 4.92 Å². The fourth-order valence-corrected chi connectivity index (χ4v) is 2.74. The molecule has 0 aromatic heterocycles. The molecule has 0 spiro atoms. The van der Waals surface area contributed by atoms with Gasteiger partial charge in [0, 0.05) is 23.4 Å². The first-order valence-corrected chi connectivity index (χ1v) is 6.90. The first kappa shape index (κ1) is 13.8. The van der Waals surface area contributed by atoms with Crippen LogP contribution < -0.4 is 5.32 Å². The van der Waals surface area contributed by atoms with E-state index in [0.717, 1.165) is 28.7 Å². The van der Waals surface area contributed by atoms with Gasteiger partial charge >= 0.3 is 0 Å². The van der Waals surface area contributed by atoms with Crippen molar-refractivity contribution in [2.75, 3.05) is 5.32 Å². The number of benzene rings is 1. The van der Waals surface area contributed by atoms with Crippen LogP contribution in [0.1, 0.15) is 37.8 Å². The smallest absolute Gasteiger partial charge is 0.274 e. The molecule has 0 heterocycles. The van der Waals surface area contributed by atoms with E-state index in [-0.39, 0.29) is 10.6 Å². The normalized spacial score (nSPS) is 22.2. The third-order valence-corrected chi connectivity index (χ3v) is 4.22. The predicted molar refractivity (Wildman–Crippen MR) is 77.5 cm³/mol. The molecule has 4 heteroatoms. The molecule has 104 valence electrons. The minimum atomic E-state index is -0.308. The van der Waals surface area contributed by atoms with Crippen molar-refractivity contribution in [3.63, 3.8) is 0 Å². The Labute approximate surface area is 114 Å². The van der Waals surface area contributed by atoms with Crippen molar-refractivity contribution >= 4 is 11.4 Å². The van der Waals surface area contributed by atoms with E-state index < -0.39 is 0 Å². The van der Waals surface area contributed by atoms with E-state index in [1.807, 2.05) is 13.0 Å². The summed E-state index contributed by atoms with van der Waals surface area (Å²) < 4.78 is 0. The second-order valence-electron chi connectivity index (χ2n) is 6.03. The second-order valence-corrected chi connectivity index (χ2v) is 6.03. The third-order valence-electron chi connectivity index (χ3n) is 4.22. The van der Waals surface area contributed by atoms with E-state index in [9.17, 15) is 10.1 Å². The molecule has 4 nitrogen and oxygen atoms in total. The van der Waals surface area contributed by atoms with E-state index in [4.69, 9.17) is 0 Å². The number of aryl methyl sites for hydroxylation is 2. The molecular weight excluding hydrogens is 240 g/mol. The first-order valence-electron chi connectivity index (χ1n) is 6.90. The first-order chi connectivity index (χ1) is 8.88. The summed E-state index contributed by atoms with van der Waals surface area (Å²) in [5.41, 5.74) is 2.91. The summed E-state index contributed by atoms with van der Waals surface area (Å²) in [4.78, 5) is 10.7. The van der Waals surface area contributed by atoms with Crippen LogP contribution >= 0.6 is 0 Å². The number of nitro benzene ring substituents is 1. The van der Waals surface area contributed by atoms with Crippen LogP contribution in [0.25, 0.3) is 0 Å². The van der Waals surface area contributed by atoms with E-state index in [1.54, 1.807) is 13.0 Å². The van der Waals surface area contributed by atoms with Crippen LogP contribution in [0.5, 0.6) is 0 Å². The maximum Gasteiger partial charge on any atom is 0.274 e. The maximum atomic E-state index is 11.0. The number of nitrogens with one attached hydrogen (secondary N) is 1. The lowest BCUT2D eigenvalue weighted by Crippen LogP contribution is -2.38. The third kappa shape index (κ3) is 2.88. The zero-order valence-corrected chi connectivity index (χ0v) is 12.1. The highest BCUT2D eigenvalue weighted by Gasteiger charge is 2.31. The monoisotopic (exact) mass is 262 g/mol. The van der Waals surface area contributed by atoms with Crippen LogP contribution in [0.3, 0.4) is 0 Å². The molecule has 0 bridgehead atoms. The Hall–Kier alpha value is -1.58. The lowest BCUT2D eigenvalue weighted by Gasteiger charge is -2.39. The summed E-state index contributed by atoms with van der Waals surface area (Å²) in [5.74, 6) is 1.52. The van der Waals surface area contributed by atoms with Gasteiger partial charge in [-0.2, -0.15) is 0 Å². The van der Waals surface area contributed by atoms with Gasteiger partial charge in [-0.25, -0.2) is 0 Å². The molecule has 1 saturated carbocycles. The summed E-state index contributed by atoms with van der Waals surface area (Å²) >= 11 is 0. The van der Waals surface area contributed by atoms with Crippen molar-refractivity contribution in [3.05, 3.63) is 33.4 Å². The molecule has 1 aromatic carbocycles. The van der Waals surface area contributed by atoms with Crippen molar-refractivity contribution in [3.8, 4) is 0 Å². The highest BCUT2D eigenvalue weighted by Crippen LogP contribution is 2.37. The standard InChI is InChI=1S/C15H22N2O2/c1-9(2)12-6-13(7-12)16-14-8-15(17(18)19)11(4)5-10(14)3/h5,8-9,12-13,16H,6-7H2,1-4H3. The van der Waals surface area contributed by atoms with Gasteiger partial charge in [0.25, 0.3) is 5.69 Å². The molecule has 0 aliphatic heterocycles. The Bertz CT molecular complexity index is 491. The van der Waals surface area contributed by atoms with Gasteiger partial charge in [0.15, 0.2) is 0 Å². The van der Waals surface area contributed by atoms with Gasteiger partial charge in [-0.1, -0.05) is 13.8 Å². The Morgan fingerprint density at radius 1 is 1.26 bits per heavy atom. The quantitative estimate of drug-likeness (QED) is 0.657. The lowest BCUT2D eigenvalue weighted by atomic mass is 9.73. The van der Waals surface area contributed by atoms with Gasteiger partial charge in [0.1, 0.15) is 0 Å². The molecule has 1 aliphatic carbocycles. The maximum absolute atomic E-state index is 11.0. The van der Waals surface area contributed by atoms with Crippen LogP contribution in [0.2, 0.25) is 0 Å². The molecular formula is C15H22N2O2. The summed E-state index contributed by atoms with van der Waals surface area (Å²) in [6.45, 7) is 8.29. The lowest BCUT2D eigenvalue weighted by molar-refractivity contribution is -0.385. The van der Waals surface area contributed by atoms with Crippen LogP contribution in [-0.2, 0) is 0 Å². The van der Waals surface area contributed by atoms with E-state index in [1.165, 1.54) is 12.8 Å². The molecule has 1 N–H and O–H groups in total. The Morgan fingerprint density at radius 3 is 2.42 bits per heavy atom. The largest absolute Gasteiger partial charge is 0.382 e. The number of hydrogen-bond acceptors (Lipinski definition) is 3. The fourth-order valence-electron chi connectivity index (χ4n) is 2.74. The highest BCUT2D eigenvalue weighted by molar-refractivity contribution is 5.60. The van der Waals surface area contributed by atoms with Crippen LogP contribution in [0.15, 0.2) is 12.1 Å². The van der Waals surface area contributed by atoms with Gasteiger partial charge in [0.2, 0.25) is 0 Å². The summed E-state index contributed by atoms with van der Waals surface area (Å²) in [6.07, 6.45) is 2.33. The molecule has 19 heavy (non-hydrogen) atoms. The van der Waals surface area contributed by atoms with Crippen molar-refractivity contribution in [2.45, 2.75) is 46.6 Å². The van der Waals surface area contributed by atoms with Crippen molar-refractivity contribution in [1.82, 2.24) is 0 Å². The van der Waals surface area contributed by atoms with E-state index in [2.05, 4.69) is 19.2 Å². The van der Waals surface area contributed by atoms with Crippen molar-refractivity contribution in [1.29, 1.82) is 0 Å². The summed E-state index contributed by atoms with van der Waals surface area (Å²) in [5, 5.41) is 14.4. The number of nitrogens with zero attached hydrogens (tertiary/aromatic N) is 1. The zero-order chi connectivity index (χ0) is 14.2. The Kier molecular flexibility index (Phi) is 3.78. The van der Waals surface area contributed by atoms with Crippen LogP contribution in [0.4, 0.5) is 11.4 Å². The molecule has 0 amide bonds. The summed E-state index contributed by atoms with van der Waals surface area (Å²) in [7, 11) is 0. The molecule has 1 aromatic rings. The molecule has 0 saturated heterocycles. The zero-order valence-electron chi connectivity index (χ0n) is 12.1. The average Bonchev–Trinajstić information content (AvgIpc) is 2.23. The number of hydrogen-bond donors (Lipinski definition) is 1. The number of rotatable bonds is 4. The molecule has 2 rings (SSSR count). The molecule has 1 fully saturated rings. The summed E-state index contributed by atoms with van der Waals surface area (Å²) in [6, 6.07) is 4.03. The minimum absolute atomic E-state index is 0.202. The number of nitro groups is 1. The van der Waals surface area contributed by atoms with Gasteiger partial charge < -0.3 is 5.32 Å². The minimum Gasteiger partial charge on any atom is -0.382 e. The second kappa shape index (κ2) is 5.19. The number of anilines is 1.